The van der Waals surface area contributed by atoms with Crippen molar-refractivity contribution in [2.45, 2.75) is 24.7 Å². The van der Waals surface area contributed by atoms with Crippen LogP contribution in [0, 0.1) is 0 Å². The Morgan fingerprint density at radius 3 is 2.72 bits per heavy atom. The van der Waals surface area contributed by atoms with Gasteiger partial charge in [-0.3, -0.25) is 19.8 Å². The number of rotatable bonds is 2. The van der Waals surface area contributed by atoms with Crippen LogP contribution in [0.5, 0.6) is 5.75 Å². The maximum absolute atomic E-state index is 13.3. The zero-order valence-electron chi connectivity index (χ0n) is 14.9. The van der Waals surface area contributed by atoms with Crippen molar-refractivity contribution in [2.24, 2.45) is 0 Å². The highest BCUT2D eigenvalue weighted by Crippen LogP contribution is 2.50. The van der Waals surface area contributed by atoms with Crippen molar-refractivity contribution in [3.05, 3.63) is 77.3 Å². The number of aromatic amines is 2. The first-order valence-corrected chi connectivity index (χ1v) is 10.6. The molecule has 0 saturated heterocycles. The van der Waals surface area contributed by atoms with Crippen LogP contribution in [0.4, 0.5) is 5.82 Å². The lowest BCUT2D eigenvalue weighted by Crippen LogP contribution is -2.31. The third kappa shape index (κ3) is 2.92. The summed E-state index contributed by atoms with van der Waals surface area (Å²) in [6.45, 7) is 0. The molecule has 3 heterocycles. The number of aromatic nitrogens is 2. The Kier molecular flexibility index (Phi) is 4.34. The van der Waals surface area contributed by atoms with E-state index in [-0.39, 0.29) is 28.0 Å². The first-order chi connectivity index (χ1) is 13.9. The van der Waals surface area contributed by atoms with E-state index < -0.39 is 5.92 Å². The third-order valence-electron chi connectivity index (χ3n) is 5.49. The maximum Gasteiger partial charge on any atom is 0.270 e. The van der Waals surface area contributed by atoms with E-state index in [4.69, 9.17) is 23.2 Å². The molecule has 0 amide bonds. The van der Waals surface area contributed by atoms with E-state index >= 15 is 0 Å². The highest BCUT2D eigenvalue weighted by Gasteiger charge is 2.41. The number of carbonyl (C=O) groups excluding carboxylic acids is 1. The topological polar surface area (TPSA) is 98.0 Å². The Hall–Kier alpha value is -2.48. The molecule has 29 heavy (non-hydrogen) atoms. The second kappa shape index (κ2) is 6.79. The average Bonchev–Trinajstić information content (AvgIpc) is 3.33. The molecule has 9 heteroatoms. The Balaban J connectivity index is 1.71. The molecule has 6 nitrogen and oxygen atoms in total. The molecular weight excluding hydrogens is 433 g/mol. The number of H-pyrrole nitrogens is 2. The van der Waals surface area contributed by atoms with Gasteiger partial charge in [0.1, 0.15) is 11.6 Å². The molecule has 0 fully saturated rings. The number of aromatic hydroxyl groups is 1. The van der Waals surface area contributed by atoms with E-state index in [2.05, 4.69) is 15.5 Å². The molecule has 2 atom stereocenters. The smallest absolute Gasteiger partial charge is 0.270 e. The number of thiophene rings is 1. The maximum atomic E-state index is 13.3. The average molecular weight is 448 g/mol. The highest BCUT2D eigenvalue weighted by molar-refractivity contribution is 7.10. The van der Waals surface area contributed by atoms with Crippen LogP contribution >= 0.6 is 34.5 Å². The number of hydrogen-bond donors (Lipinski definition) is 4. The summed E-state index contributed by atoms with van der Waals surface area (Å²) >= 11 is 13.9. The second-order valence-electron chi connectivity index (χ2n) is 7.19. The number of benzene rings is 1. The molecule has 1 aliphatic carbocycles. The number of ketones is 1. The molecule has 148 valence electrons. The van der Waals surface area contributed by atoms with Gasteiger partial charge in [0.25, 0.3) is 5.56 Å². The zero-order chi connectivity index (χ0) is 20.3. The molecule has 2 aromatic heterocycles. The van der Waals surface area contributed by atoms with Crippen molar-refractivity contribution in [2.75, 3.05) is 5.32 Å². The summed E-state index contributed by atoms with van der Waals surface area (Å²) in [6.07, 6.45) is 0.962. The number of Topliss-reactive ketones (excluding diaryl/α,β-unsaturated/α-hetero) is 1. The molecule has 0 spiro atoms. The summed E-state index contributed by atoms with van der Waals surface area (Å²) in [5.74, 6) is -0.463. The fourth-order valence-electron chi connectivity index (χ4n) is 4.26. The number of phenolic OH excluding ortho intramolecular Hbond substituents is 1. The monoisotopic (exact) mass is 447 g/mol. The lowest BCUT2D eigenvalue weighted by Gasteiger charge is -2.34. The first kappa shape index (κ1) is 18.5. The number of fused-ring (bicyclic) bond motifs is 1. The predicted molar refractivity (Wildman–Crippen MR) is 113 cm³/mol. The Labute approximate surface area is 179 Å². The van der Waals surface area contributed by atoms with E-state index in [9.17, 15) is 14.7 Å². The van der Waals surface area contributed by atoms with Gasteiger partial charge in [-0.25, -0.2) is 0 Å². The Bertz CT molecular complexity index is 1230. The van der Waals surface area contributed by atoms with Gasteiger partial charge in [0.05, 0.1) is 16.5 Å². The van der Waals surface area contributed by atoms with Crippen molar-refractivity contribution >= 4 is 46.1 Å². The van der Waals surface area contributed by atoms with Gasteiger partial charge in [0.15, 0.2) is 5.78 Å². The third-order valence-corrected chi connectivity index (χ3v) is 7.03. The van der Waals surface area contributed by atoms with Crippen LogP contribution in [0.25, 0.3) is 0 Å². The van der Waals surface area contributed by atoms with E-state index in [0.717, 1.165) is 10.6 Å². The Morgan fingerprint density at radius 1 is 1.14 bits per heavy atom. The first-order valence-electron chi connectivity index (χ1n) is 8.99. The second-order valence-corrected chi connectivity index (χ2v) is 9.01. The summed E-state index contributed by atoms with van der Waals surface area (Å²) in [7, 11) is 0. The fraction of sp³-hybridized carbons (Fsp3) is 0.200. The van der Waals surface area contributed by atoms with Crippen molar-refractivity contribution < 1.29 is 9.90 Å². The van der Waals surface area contributed by atoms with E-state index in [1.165, 1.54) is 6.07 Å². The van der Waals surface area contributed by atoms with Crippen molar-refractivity contribution in [3.63, 3.8) is 0 Å². The molecule has 2 aliphatic rings. The zero-order valence-corrected chi connectivity index (χ0v) is 17.2. The lowest BCUT2D eigenvalue weighted by atomic mass is 9.73. The standard InChI is InChI=1S/C20H15Cl2N3O3S/c21-9-6-10(18(27)11(22)7-9)15-16-12(23-19-17(15)20(28)25-24-19)4-8(5-13(16)26)14-2-1-3-29-14/h1-3,6-8,15,27H,4-5H2,(H3,23,24,25,28). The van der Waals surface area contributed by atoms with E-state index in [1.54, 1.807) is 17.4 Å². The summed E-state index contributed by atoms with van der Waals surface area (Å²) in [6, 6.07) is 6.98. The SMILES string of the molecule is O=C1CC(c2cccs2)CC2=C1C(c1cc(Cl)cc(Cl)c1O)c1c([nH][nH]c1=O)N2. The van der Waals surface area contributed by atoms with Gasteiger partial charge in [-0.15, -0.1) is 11.3 Å². The molecule has 0 bridgehead atoms. The fourth-order valence-corrected chi connectivity index (χ4v) is 5.60. The number of hydrogen-bond acceptors (Lipinski definition) is 5. The van der Waals surface area contributed by atoms with Crippen LogP contribution in [0.2, 0.25) is 10.0 Å². The quantitative estimate of drug-likeness (QED) is 0.456. The largest absolute Gasteiger partial charge is 0.506 e. The number of allylic oxidation sites excluding steroid dienone is 2. The molecule has 3 aromatic rings. The van der Waals surface area contributed by atoms with Gasteiger partial charge in [0.2, 0.25) is 0 Å². The van der Waals surface area contributed by atoms with Crippen LogP contribution in [0.1, 0.15) is 40.7 Å². The van der Waals surface area contributed by atoms with Crippen molar-refractivity contribution in [3.8, 4) is 5.75 Å². The number of carbonyl (C=O) groups is 1. The van der Waals surface area contributed by atoms with Crippen LogP contribution in [0.3, 0.4) is 0 Å². The molecule has 1 aromatic carbocycles. The molecule has 5 rings (SSSR count). The van der Waals surface area contributed by atoms with E-state index in [1.807, 2.05) is 17.5 Å². The summed E-state index contributed by atoms with van der Waals surface area (Å²) < 4.78 is 0. The minimum atomic E-state index is -0.760. The van der Waals surface area contributed by atoms with E-state index in [0.29, 0.717) is 40.4 Å². The minimum Gasteiger partial charge on any atom is -0.506 e. The van der Waals surface area contributed by atoms with Gasteiger partial charge in [-0.05, 0) is 30.0 Å². The molecule has 1 aliphatic heterocycles. The van der Waals surface area contributed by atoms with Gasteiger partial charge in [-0.2, -0.15) is 0 Å². The van der Waals surface area contributed by atoms with Crippen molar-refractivity contribution in [1.82, 2.24) is 10.2 Å². The van der Waals surface area contributed by atoms with Crippen LogP contribution < -0.4 is 10.9 Å². The van der Waals surface area contributed by atoms with Crippen LogP contribution in [-0.4, -0.2) is 21.1 Å². The highest BCUT2D eigenvalue weighted by atomic mass is 35.5. The number of phenols is 1. The lowest BCUT2D eigenvalue weighted by molar-refractivity contribution is -0.116. The van der Waals surface area contributed by atoms with Gasteiger partial charge in [-0.1, -0.05) is 29.3 Å². The number of anilines is 1. The Morgan fingerprint density at radius 2 is 1.97 bits per heavy atom. The van der Waals surface area contributed by atoms with Gasteiger partial charge < -0.3 is 10.4 Å². The molecule has 2 unspecified atom stereocenters. The number of halogens is 2. The molecular formula is C20H15Cl2N3O3S. The van der Waals surface area contributed by atoms with Crippen LogP contribution in [-0.2, 0) is 4.79 Å². The number of nitrogens with one attached hydrogen (secondary N) is 3. The predicted octanol–water partition coefficient (Wildman–Crippen LogP) is 4.74. The molecule has 0 saturated carbocycles. The minimum absolute atomic E-state index is 0.0658. The van der Waals surface area contributed by atoms with Crippen molar-refractivity contribution in [1.29, 1.82) is 0 Å². The van der Waals surface area contributed by atoms with Crippen LogP contribution in [0.15, 0.2) is 45.7 Å². The van der Waals surface area contributed by atoms with Gasteiger partial charge in [0, 0.05) is 39.1 Å². The molecule has 0 radical (unpaired) electrons. The summed E-state index contributed by atoms with van der Waals surface area (Å²) in [5.41, 5.74) is 1.52. The van der Waals surface area contributed by atoms with Gasteiger partial charge >= 0.3 is 0 Å². The summed E-state index contributed by atoms with van der Waals surface area (Å²) in [4.78, 5) is 27.0. The normalized spacial score (nSPS) is 21.0. The molecule has 4 N–H and O–H groups in total. The summed E-state index contributed by atoms with van der Waals surface area (Å²) in [5, 5.41) is 21.6.